The summed E-state index contributed by atoms with van der Waals surface area (Å²) in [7, 11) is 0. The predicted octanol–water partition coefficient (Wildman–Crippen LogP) is 2.73. The third kappa shape index (κ3) is 4.27. The second kappa shape index (κ2) is 9.09. The Balaban J connectivity index is 1.60. The summed E-state index contributed by atoms with van der Waals surface area (Å²) in [5, 5.41) is 20.2. The standard InChI is InChI=1S/C22H23FN8O/c1-14-4-3-9-30(19(14)13-26-21-17(23)10-16(11-24)12-25-21)22(32)20-18(6-5-15(2)29-20)31-27-7-8-28-31/h5-8,10,12,14,19H,3-4,9,13H2,1-2H3,(H,25,26). The Morgan fingerprint density at radius 3 is 2.84 bits per heavy atom. The molecule has 1 aliphatic rings. The number of rotatable bonds is 5. The van der Waals surface area contributed by atoms with E-state index < -0.39 is 5.82 Å². The van der Waals surface area contributed by atoms with E-state index in [2.05, 4.69) is 32.4 Å². The lowest BCUT2D eigenvalue weighted by Gasteiger charge is -2.40. The van der Waals surface area contributed by atoms with Gasteiger partial charge in [-0.2, -0.15) is 15.5 Å². The minimum atomic E-state index is -0.599. The first-order valence-electron chi connectivity index (χ1n) is 10.4. The molecule has 2 atom stereocenters. The maximum Gasteiger partial charge on any atom is 0.275 e. The second-order valence-corrected chi connectivity index (χ2v) is 7.87. The zero-order valence-corrected chi connectivity index (χ0v) is 17.9. The first-order chi connectivity index (χ1) is 15.5. The maximum atomic E-state index is 14.3. The van der Waals surface area contributed by atoms with Gasteiger partial charge in [0.1, 0.15) is 11.8 Å². The van der Waals surface area contributed by atoms with E-state index in [0.717, 1.165) is 18.9 Å². The number of likely N-dealkylation sites (tertiary alicyclic amines) is 1. The summed E-state index contributed by atoms with van der Waals surface area (Å²) in [4.78, 5) is 25.3. The van der Waals surface area contributed by atoms with Gasteiger partial charge in [0.25, 0.3) is 5.91 Å². The lowest BCUT2D eigenvalue weighted by atomic mass is 9.90. The van der Waals surface area contributed by atoms with E-state index >= 15 is 0 Å². The van der Waals surface area contributed by atoms with Crippen molar-refractivity contribution in [2.45, 2.75) is 32.7 Å². The van der Waals surface area contributed by atoms with Crippen LogP contribution in [0.25, 0.3) is 5.69 Å². The highest BCUT2D eigenvalue weighted by atomic mass is 19.1. The smallest absolute Gasteiger partial charge is 0.275 e. The highest BCUT2D eigenvalue weighted by molar-refractivity contribution is 5.96. The summed E-state index contributed by atoms with van der Waals surface area (Å²) in [6.07, 6.45) is 6.23. The van der Waals surface area contributed by atoms with E-state index in [1.165, 1.54) is 11.0 Å². The first-order valence-corrected chi connectivity index (χ1v) is 10.4. The van der Waals surface area contributed by atoms with Gasteiger partial charge in [0, 0.05) is 25.0 Å². The highest BCUT2D eigenvalue weighted by Gasteiger charge is 2.34. The molecule has 4 rings (SSSR count). The van der Waals surface area contributed by atoms with Crippen LogP contribution in [0.1, 0.15) is 41.5 Å². The van der Waals surface area contributed by atoms with Crippen molar-refractivity contribution in [3.63, 3.8) is 0 Å². The van der Waals surface area contributed by atoms with Gasteiger partial charge in [0.05, 0.1) is 24.0 Å². The average Bonchev–Trinajstić information content (AvgIpc) is 3.33. The molecule has 1 aliphatic heterocycles. The molecule has 10 heteroatoms. The van der Waals surface area contributed by atoms with Crippen molar-refractivity contribution in [1.29, 1.82) is 5.26 Å². The molecule has 3 aromatic heterocycles. The van der Waals surface area contributed by atoms with Gasteiger partial charge >= 0.3 is 0 Å². The monoisotopic (exact) mass is 434 g/mol. The number of carbonyl (C=O) groups is 1. The molecule has 0 aromatic carbocycles. The molecule has 164 valence electrons. The lowest BCUT2D eigenvalue weighted by molar-refractivity contribution is 0.0533. The third-order valence-corrected chi connectivity index (χ3v) is 5.68. The van der Waals surface area contributed by atoms with E-state index in [9.17, 15) is 9.18 Å². The number of piperidine rings is 1. The molecule has 0 bridgehead atoms. The van der Waals surface area contributed by atoms with E-state index in [4.69, 9.17) is 5.26 Å². The molecule has 1 fully saturated rings. The van der Waals surface area contributed by atoms with Crippen molar-refractivity contribution in [2.75, 3.05) is 18.4 Å². The Hall–Kier alpha value is -3.87. The summed E-state index contributed by atoms with van der Waals surface area (Å²) in [6, 6.07) is 6.42. The number of halogens is 1. The fourth-order valence-electron chi connectivity index (χ4n) is 3.99. The number of aromatic nitrogens is 5. The number of carbonyl (C=O) groups excluding carboxylic acids is 1. The van der Waals surface area contributed by atoms with Gasteiger partial charge in [-0.15, -0.1) is 4.80 Å². The summed E-state index contributed by atoms with van der Waals surface area (Å²) < 4.78 is 14.3. The van der Waals surface area contributed by atoms with Crippen molar-refractivity contribution in [1.82, 2.24) is 29.9 Å². The van der Waals surface area contributed by atoms with Crippen molar-refractivity contribution >= 4 is 11.7 Å². The Morgan fingerprint density at radius 2 is 2.12 bits per heavy atom. The number of amides is 1. The molecule has 0 spiro atoms. The van der Waals surface area contributed by atoms with Crippen molar-refractivity contribution in [3.8, 4) is 11.8 Å². The van der Waals surface area contributed by atoms with Crippen LogP contribution in [0, 0.1) is 30.0 Å². The Bertz CT molecular complexity index is 1160. The topological polar surface area (TPSA) is 113 Å². The van der Waals surface area contributed by atoms with E-state index in [1.807, 2.05) is 19.1 Å². The molecular formula is C22H23FN8O. The average molecular weight is 434 g/mol. The van der Waals surface area contributed by atoms with E-state index in [-0.39, 0.29) is 34.9 Å². The van der Waals surface area contributed by atoms with Crippen molar-refractivity contribution in [3.05, 3.63) is 59.6 Å². The molecule has 1 amide bonds. The fraction of sp³-hybridized carbons (Fsp3) is 0.364. The van der Waals surface area contributed by atoms with E-state index in [1.54, 1.807) is 23.4 Å². The summed E-state index contributed by atoms with van der Waals surface area (Å²) in [5.41, 5.74) is 1.66. The first kappa shape index (κ1) is 21.4. The molecule has 3 aromatic rings. The fourth-order valence-corrected chi connectivity index (χ4v) is 3.99. The quantitative estimate of drug-likeness (QED) is 0.657. The molecule has 1 saturated heterocycles. The van der Waals surface area contributed by atoms with Crippen molar-refractivity contribution in [2.24, 2.45) is 5.92 Å². The highest BCUT2D eigenvalue weighted by Crippen LogP contribution is 2.27. The minimum Gasteiger partial charge on any atom is -0.366 e. The Morgan fingerprint density at radius 1 is 1.34 bits per heavy atom. The largest absolute Gasteiger partial charge is 0.366 e. The van der Waals surface area contributed by atoms with Crippen molar-refractivity contribution < 1.29 is 9.18 Å². The molecule has 4 heterocycles. The van der Waals surface area contributed by atoms with Crippen LogP contribution in [-0.2, 0) is 0 Å². The van der Waals surface area contributed by atoms with Gasteiger partial charge in [-0.25, -0.2) is 14.4 Å². The van der Waals surface area contributed by atoms with Crippen LogP contribution < -0.4 is 5.32 Å². The number of anilines is 1. The summed E-state index contributed by atoms with van der Waals surface area (Å²) in [6.45, 7) is 4.80. The Kier molecular flexibility index (Phi) is 6.07. The normalized spacial score (nSPS) is 18.2. The van der Waals surface area contributed by atoms with Gasteiger partial charge in [-0.05, 0) is 43.9 Å². The van der Waals surface area contributed by atoms with Crippen LogP contribution in [0.2, 0.25) is 0 Å². The number of pyridine rings is 2. The van der Waals surface area contributed by atoms with Gasteiger partial charge in [-0.1, -0.05) is 6.92 Å². The number of aryl methyl sites for hydroxylation is 1. The zero-order chi connectivity index (χ0) is 22.7. The molecule has 32 heavy (non-hydrogen) atoms. The molecule has 2 unspecified atom stereocenters. The molecule has 9 nitrogen and oxygen atoms in total. The molecule has 1 N–H and O–H groups in total. The SMILES string of the molecule is Cc1ccc(-n2nccn2)c(C(=O)N2CCCC(C)C2CNc2ncc(C#N)cc2F)n1. The number of nitrogens with one attached hydrogen (secondary N) is 1. The number of hydrogen-bond acceptors (Lipinski definition) is 7. The maximum absolute atomic E-state index is 14.3. The summed E-state index contributed by atoms with van der Waals surface area (Å²) in [5.74, 6) is -0.563. The van der Waals surface area contributed by atoms with Crippen LogP contribution in [0.15, 0.2) is 36.8 Å². The van der Waals surface area contributed by atoms with Crippen LogP contribution in [0.4, 0.5) is 10.2 Å². The van der Waals surface area contributed by atoms with Crippen LogP contribution in [-0.4, -0.2) is 54.9 Å². The molecule has 0 saturated carbocycles. The third-order valence-electron chi connectivity index (χ3n) is 5.68. The number of nitriles is 1. The van der Waals surface area contributed by atoms with Gasteiger partial charge in [-0.3, -0.25) is 4.79 Å². The van der Waals surface area contributed by atoms with Gasteiger partial charge < -0.3 is 10.2 Å². The van der Waals surface area contributed by atoms with Crippen LogP contribution >= 0.6 is 0 Å². The van der Waals surface area contributed by atoms with Crippen LogP contribution in [0.3, 0.4) is 0 Å². The van der Waals surface area contributed by atoms with Crippen LogP contribution in [0.5, 0.6) is 0 Å². The minimum absolute atomic E-state index is 0.0595. The van der Waals surface area contributed by atoms with E-state index in [0.29, 0.717) is 24.5 Å². The molecule has 0 radical (unpaired) electrons. The summed E-state index contributed by atoms with van der Waals surface area (Å²) >= 11 is 0. The predicted molar refractivity (Wildman–Crippen MR) is 115 cm³/mol. The zero-order valence-electron chi connectivity index (χ0n) is 17.9. The number of nitrogens with zero attached hydrogens (tertiary/aromatic N) is 7. The van der Waals surface area contributed by atoms with Gasteiger partial charge in [0.2, 0.25) is 0 Å². The molecular weight excluding hydrogens is 411 g/mol. The van der Waals surface area contributed by atoms with Gasteiger partial charge in [0.15, 0.2) is 17.3 Å². The second-order valence-electron chi connectivity index (χ2n) is 7.87. The molecule has 0 aliphatic carbocycles. The Labute approximate surface area is 184 Å². The number of hydrogen-bond donors (Lipinski definition) is 1. The lowest BCUT2D eigenvalue weighted by Crippen LogP contribution is -2.51.